The van der Waals surface area contributed by atoms with Crippen LogP contribution in [0.1, 0.15) is 25.3 Å². The molecule has 4 nitrogen and oxygen atoms in total. The van der Waals surface area contributed by atoms with Crippen LogP contribution in [0.25, 0.3) is 0 Å². The minimum atomic E-state index is 0.0272. The van der Waals surface area contributed by atoms with Gasteiger partial charge in [-0.2, -0.15) is 0 Å². The summed E-state index contributed by atoms with van der Waals surface area (Å²) in [6.45, 7) is 6.12. The summed E-state index contributed by atoms with van der Waals surface area (Å²) in [7, 11) is 0. The van der Waals surface area contributed by atoms with Gasteiger partial charge in [0.05, 0.1) is 11.7 Å². The van der Waals surface area contributed by atoms with Crippen LogP contribution in [0.3, 0.4) is 0 Å². The molecular weight excluding hydrogens is 290 g/mol. The maximum Gasteiger partial charge on any atom is 0.122 e. The van der Waals surface area contributed by atoms with Crippen LogP contribution in [-0.2, 0) is 11.2 Å². The second-order valence-electron chi connectivity index (χ2n) is 7.26. The van der Waals surface area contributed by atoms with Gasteiger partial charge in [-0.1, -0.05) is 25.1 Å². The Morgan fingerprint density at radius 1 is 1.39 bits per heavy atom. The van der Waals surface area contributed by atoms with Crippen molar-refractivity contribution in [3.63, 3.8) is 0 Å². The molecule has 3 aliphatic rings. The second kappa shape index (κ2) is 6.08. The Balaban J connectivity index is 1.33. The van der Waals surface area contributed by atoms with Crippen molar-refractivity contribution < 1.29 is 14.6 Å². The lowest BCUT2D eigenvalue weighted by molar-refractivity contribution is 0.000227. The van der Waals surface area contributed by atoms with Crippen LogP contribution in [0.15, 0.2) is 24.3 Å². The fourth-order valence-corrected chi connectivity index (χ4v) is 4.92. The van der Waals surface area contributed by atoms with E-state index in [1.54, 1.807) is 0 Å². The molecule has 0 radical (unpaired) electrons. The third-order valence-electron chi connectivity index (χ3n) is 6.08. The van der Waals surface area contributed by atoms with Crippen molar-refractivity contribution in [1.82, 2.24) is 4.90 Å². The Morgan fingerprint density at radius 3 is 3.09 bits per heavy atom. The predicted octanol–water partition coefficient (Wildman–Crippen LogP) is 2.10. The van der Waals surface area contributed by atoms with Gasteiger partial charge in [-0.15, -0.1) is 0 Å². The van der Waals surface area contributed by atoms with Crippen LogP contribution in [0.2, 0.25) is 0 Å². The van der Waals surface area contributed by atoms with Gasteiger partial charge in [0.15, 0.2) is 0 Å². The number of nitrogens with zero attached hydrogens (tertiary/aromatic N) is 1. The Labute approximate surface area is 138 Å². The highest BCUT2D eigenvalue weighted by molar-refractivity contribution is 5.33. The van der Waals surface area contributed by atoms with Crippen molar-refractivity contribution >= 4 is 0 Å². The van der Waals surface area contributed by atoms with Crippen LogP contribution in [0, 0.1) is 11.8 Å². The van der Waals surface area contributed by atoms with Crippen LogP contribution in [0.5, 0.6) is 5.75 Å². The highest BCUT2D eigenvalue weighted by Gasteiger charge is 2.62. The zero-order valence-corrected chi connectivity index (χ0v) is 13.9. The predicted molar refractivity (Wildman–Crippen MR) is 88.7 cm³/mol. The van der Waals surface area contributed by atoms with Crippen LogP contribution in [0.4, 0.5) is 0 Å². The molecule has 0 aromatic heterocycles. The summed E-state index contributed by atoms with van der Waals surface area (Å²) < 4.78 is 12.3. The number of aliphatic hydroxyl groups excluding tert-OH is 1. The summed E-state index contributed by atoms with van der Waals surface area (Å²) in [5.74, 6) is 1.86. The normalized spacial score (nSPS) is 35.7. The third kappa shape index (κ3) is 2.57. The number of hydrogen-bond acceptors (Lipinski definition) is 4. The molecule has 0 saturated carbocycles. The highest BCUT2D eigenvalue weighted by Crippen LogP contribution is 2.54. The third-order valence-corrected chi connectivity index (χ3v) is 6.08. The first kappa shape index (κ1) is 15.4. The molecule has 3 saturated heterocycles. The molecule has 4 atom stereocenters. The van der Waals surface area contributed by atoms with Crippen LogP contribution in [-0.4, -0.2) is 54.6 Å². The van der Waals surface area contributed by atoms with Gasteiger partial charge in [0.1, 0.15) is 12.4 Å². The lowest BCUT2D eigenvalue weighted by Gasteiger charge is -2.28. The minimum Gasteiger partial charge on any atom is -0.492 e. The zero-order valence-electron chi connectivity index (χ0n) is 13.9. The smallest absolute Gasteiger partial charge is 0.122 e. The molecule has 1 N–H and O–H groups in total. The van der Waals surface area contributed by atoms with Crippen molar-refractivity contribution in [2.45, 2.75) is 37.9 Å². The van der Waals surface area contributed by atoms with E-state index >= 15 is 0 Å². The number of aliphatic hydroxyl groups is 1. The second-order valence-corrected chi connectivity index (χ2v) is 7.26. The molecule has 2 bridgehead atoms. The molecule has 3 aliphatic heterocycles. The molecule has 0 unspecified atom stereocenters. The van der Waals surface area contributed by atoms with Gasteiger partial charge >= 0.3 is 0 Å². The number of ether oxygens (including phenoxy) is 2. The molecule has 3 fully saturated rings. The van der Waals surface area contributed by atoms with E-state index in [4.69, 9.17) is 9.47 Å². The maximum absolute atomic E-state index is 9.68. The number of fused-ring (bicyclic) bond motifs is 1. The molecule has 1 spiro atoms. The van der Waals surface area contributed by atoms with Gasteiger partial charge in [-0.05, 0) is 30.9 Å². The van der Waals surface area contributed by atoms with Crippen molar-refractivity contribution in [2.75, 3.05) is 32.8 Å². The first-order valence-corrected chi connectivity index (χ1v) is 8.97. The molecule has 0 aliphatic carbocycles. The monoisotopic (exact) mass is 317 g/mol. The van der Waals surface area contributed by atoms with Gasteiger partial charge in [-0.3, -0.25) is 4.90 Å². The van der Waals surface area contributed by atoms with Crippen LogP contribution < -0.4 is 4.74 Å². The molecule has 4 heteroatoms. The summed E-state index contributed by atoms with van der Waals surface area (Å²) >= 11 is 0. The fraction of sp³-hybridized carbons (Fsp3) is 0.684. The molecular formula is C19H27NO3. The van der Waals surface area contributed by atoms with E-state index in [1.807, 2.05) is 6.07 Å². The Hall–Kier alpha value is -1.10. The lowest BCUT2D eigenvalue weighted by atomic mass is 9.74. The number of aryl methyl sites for hydroxylation is 1. The summed E-state index contributed by atoms with van der Waals surface area (Å²) in [6, 6.07) is 8.29. The van der Waals surface area contributed by atoms with Gasteiger partial charge in [0.2, 0.25) is 0 Å². The van der Waals surface area contributed by atoms with Crippen molar-refractivity contribution in [3.05, 3.63) is 29.8 Å². The van der Waals surface area contributed by atoms with E-state index in [0.29, 0.717) is 24.5 Å². The van der Waals surface area contributed by atoms with Gasteiger partial charge in [0, 0.05) is 38.1 Å². The summed E-state index contributed by atoms with van der Waals surface area (Å²) in [5, 5.41) is 9.68. The quantitative estimate of drug-likeness (QED) is 0.872. The van der Waals surface area contributed by atoms with E-state index in [9.17, 15) is 5.11 Å². The fourth-order valence-electron chi connectivity index (χ4n) is 4.92. The summed E-state index contributed by atoms with van der Waals surface area (Å²) in [5.41, 5.74) is 1.30. The summed E-state index contributed by atoms with van der Waals surface area (Å²) in [6.07, 6.45) is 3.59. The number of benzene rings is 1. The standard InChI is InChI=1S/C19H27NO3/c1-2-14-5-3-4-6-17(14)22-10-9-20-11-16-15(12-21)18-7-8-19(16,13-20)23-18/h3-6,15-16,18,21H,2,7-13H2,1H3/t15-,16+,18+,19+/m0/s1. The molecule has 4 rings (SSSR count). The van der Waals surface area contributed by atoms with Crippen LogP contribution >= 0.6 is 0 Å². The summed E-state index contributed by atoms with van der Waals surface area (Å²) in [4.78, 5) is 2.46. The van der Waals surface area contributed by atoms with Crippen molar-refractivity contribution in [1.29, 1.82) is 0 Å². The molecule has 1 aromatic rings. The molecule has 23 heavy (non-hydrogen) atoms. The Kier molecular flexibility index (Phi) is 4.08. The van der Waals surface area contributed by atoms with Crippen molar-refractivity contribution in [2.24, 2.45) is 11.8 Å². The lowest BCUT2D eigenvalue weighted by Crippen LogP contribution is -2.38. The number of rotatable bonds is 6. The largest absolute Gasteiger partial charge is 0.492 e. The molecule has 3 heterocycles. The van der Waals surface area contributed by atoms with Gasteiger partial charge in [0.25, 0.3) is 0 Å². The highest BCUT2D eigenvalue weighted by atomic mass is 16.5. The van der Waals surface area contributed by atoms with Crippen molar-refractivity contribution in [3.8, 4) is 5.75 Å². The SMILES string of the molecule is CCc1ccccc1OCCN1C[C@@H]2[C@H](CO)[C@H]3CC[C@]2(C1)O3. The molecule has 1 aromatic carbocycles. The number of para-hydroxylation sites is 1. The topological polar surface area (TPSA) is 41.9 Å². The number of hydrogen-bond donors (Lipinski definition) is 1. The zero-order chi connectivity index (χ0) is 15.9. The van der Waals surface area contributed by atoms with Gasteiger partial charge in [-0.25, -0.2) is 0 Å². The van der Waals surface area contributed by atoms with E-state index in [-0.39, 0.29) is 12.2 Å². The van der Waals surface area contributed by atoms with E-state index in [0.717, 1.165) is 44.6 Å². The Morgan fingerprint density at radius 2 is 2.26 bits per heavy atom. The van der Waals surface area contributed by atoms with Gasteiger partial charge < -0.3 is 14.6 Å². The maximum atomic E-state index is 9.68. The minimum absolute atomic E-state index is 0.0272. The Bertz CT molecular complexity index is 563. The first-order valence-electron chi connectivity index (χ1n) is 8.97. The molecule has 0 amide bonds. The number of likely N-dealkylation sites (tertiary alicyclic amines) is 1. The van der Waals surface area contributed by atoms with E-state index in [1.165, 1.54) is 5.56 Å². The van der Waals surface area contributed by atoms with E-state index in [2.05, 4.69) is 30.0 Å². The average Bonchev–Trinajstić information content (AvgIpc) is 3.22. The average molecular weight is 317 g/mol. The molecule has 126 valence electrons. The van der Waals surface area contributed by atoms with E-state index < -0.39 is 0 Å². The first-order chi connectivity index (χ1) is 11.3.